The van der Waals surface area contributed by atoms with Crippen LogP contribution in [0.5, 0.6) is 0 Å². The van der Waals surface area contributed by atoms with Crippen molar-refractivity contribution in [3.05, 3.63) is 23.8 Å². The summed E-state index contributed by atoms with van der Waals surface area (Å²) in [5.74, 6) is 7.70. The standard InChI is InChI=1S/C6H9NS/c1-8(2)6-4-3-5-7-8/h3-7H,1-2H2. The third kappa shape index (κ3) is 1.17. The van der Waals surface area contributed by atoms with Gasteiger partial charge >= 0.3 is 0 Å². The Hall–Kier alpha value is -0.630. The third-order valence-electron chi connectivity index (χ3n) is 0.849. The van der Waals surface area contributed by atoms with Gasteiger partial charge in [-0.1, -0.05) is 17.8 Å². The van der Waals surface area contributed by atoms with Crippen molar-refractivity contribution in [1.29, 1.82) is 0 Å². The second-order valence-electron chi connectivity index (χ2n) is 1.75. The summed E-state index contributed by atoms with van der Waals surface area (Å²) in [6.45, 7) is 0. The molecule has 0 aromatic rings. The van der Waals surface area contributed by atoms with Crippen molar-refractivity contribution >= 4 is 21.1 Å². The Morgan fingerprint density at radius 3 is 2.25 bits per heavy atom. The molecule has 0 saturated carbocycles. The van der Waals surface area contributed by atoms with Crippen LogP contribution in [-0.4, -0.2) is 11.7 Å². The molecule has 1 heterocycles. The molecule has 0 unspecified atom stereocenters. The van der Waals surface area contributed by atoms with Gasteiger partial charge in [0.25, 0.3) is 0 Å². The Morgan fingerprint density at radius 1 is 1.25 bits per heavy atom. The van der Waals surface area contributed by atoms with Gasteiger partial charge in [0, 0.05) is 6.20 Å². The SMILES string of the molecule is C=S1(=C)C=CC=CN1. The van der Waals surface area contributed by atoms with E-state index in [0.717, 1.165) is 0 Å². The average molecular weight is 127 g/mol. The van der Waals surface area contributed by atoms with Crippen molar-refractivity contribution in [3.63, 3.8) is 0 Å². The molecule has 0 aromatic heterocycles. The van der Waals surface area contributed by atoms with E-state index in [2.05, 4.69) is 16.5 Å². The van der Waals surface area contributed by atoms with Crippen molar-refractivity contribution in [2.45, 2.75) is 0 Å². The van der Waals surface area contributed by atoms with E-state index >= 15 is 0 Å². The lowest BCUT2D eigenvalue weighted by Gasteiger charge is -2.10. The minimum Gasteiger partial charge on any atom is -0.345 e. The number of allylic oxidation sites excluding steroid dienone is 2. The van der Waals surface area contributed by atoms with Crippen molar-refractivity contribution in [3.8, 4) is 0 Å². The van der Waals surface area contributed by atoms with E-state index in [1.54, 1.807) is 0 Å². The highest BCUT2D eigenvalue weighted by molar-refractivity contribution is 8.28. The summed E-state index contributed by atoms with van der Waals surface area (Å²) in [5, 5.41) is 1.99. The average Bonchev–Trinajstić information content (AvgIpc) is 1.65. The van der Waals surface area contributed by atoms with E-state index in [1.807, 2.05) is 23.8 Å². The summed E-state index contributed by atoms with van der Waals surface area (Å²) in [6, 6.07) is 0. The lowest BCUT2D eigenvalue weighted by atomic mass is 10.6. The molecule has 0 atom stereocenters. The Bertz CT molecular complexity index is 219. The fourth-order valence-corrected chi connectivity index (χ4v) is 1.29. The zero-order valence-electron chi connectivity index (χ0n) is 4.63. The lowest BCUT2D eigenvalue weighted by molar-refractivity contribution is 1.41. The van der Waals surface area contributed by atoms with Crippen LogP contribution in [0.15, 0.2) is 23.8 Å². The summed E-state index contributed by atoms with van der Waals surface area (Å²) in [7, 11) is -1.10. The van der Waals surface area contributed by atoms with Gasteiger partial charge in [-0.05, 0) is 11.5 Å². The molecular weight excluding hydrogens is 118 g/mol. The number of hydrogen-bond donors (Lipinski definition) is 1. The Balaban J connectivity index is 2.98. The molecule has 8 heavy (non-hydrogen) atoms. The van der Waals surface area contributed by atoms with Gasteiger partial charge in [-0.15, -0.1) is 9.39 Å². The largest absolute Gasteiger partial charge is 0.345 e. The quantitative estimate of drug-likeness (QED) is 0.482. The van der Waals surface area contributed by atoms with Crippen LogP contribution in [0.25, 0.3) is 0 Å². The molecular formula is C6H9NS. The lowest BCUT2D eigenvalue weighted by Crippen LogP contribution is -1.98. The third-order valence-corrected chi connectivity index (χ3v) is 2.13. The zero-order valence-corrected chi connectivity index (χ0v) is 5.45. The molecule has 1 rings (SSSR count). The van der Waals surface area contributed by atoms with Gasteiger partial charge in [-0.25, -0.2) is 0 Å². The molecule has 0 bridgehead atoms. The van der Waals surface area contributed by atoms with Crippen LogP contribution < -0.4 is 4.72 Å². The second-order valence-corrected chi connectivity index (χ2v) is 4.15. The molecule has 0 radical (unpaired) electrons. The van der Waals surface area contributed by atoms with Gasteiger partial charge < -0.3 is 4.72 Å². The molecule has 0 aliphatic carbocycles. The van der Waals surface area contributed by atoms with Gasteiger partial charge in [0.1, 0.15) is 0 Å². The first-order valence-electron chi connectivity index (χ1n) is 2.31. The molecule has 0 spiro atoms. The highest BCUT2D eigenvalue weighted by Crippen LogP contribution is 2.16. The van der Waals surface area contributed by atoms with Gasteiger partial charge in [0.15, 0.2) is 0 Å². The maximum Gasteiger partial charge on any atom is 0.00656 e. The predicted molar refractivity (Wildman–Crippen MR) is 43.2 cm³/mol. The summed E-state index contributed by atoms with van der Waals surface area (Å²) >= 11 is 0. The van der Waals surface area contributed by atoms with Gasteiger partial charge in [0.05, 0.1) is 0 Å². The summed E-state index contributed by atoms with van der Waals surface area (Å²) in [6.07, 6.45) is 5.77. The van der Waals surface area contributed by atoms with Crippen LogP contribution in [-0.2, 0) is 0 Å². The van der Waals surface area contributed by atoms with Crippen molar-refractivity contribution < 1.29 is 0 Å². The predicted octanol–water partition coefficient (Wildman–Crippen LogP) is 1.20. The molecule has 0 aromatic carbocycles. The number of rotatable bonds is 0. The first-order chi connectivity index (χ1) is 3.71. The van der Waals surface area contributed by atoms with E-state index in [4.69, 9.17) is 0 Å². The van der Waals surface area contributed by atoms with Crippen LogP contribution in [0, 0.1) is 0 Å². The van der Waals surface area contributed by atoms with Crippen LogP contribution in [0.1, 0.15) is 0 Å². The van der Waals surface area contributed by atoms with E-state index in [-0.39, 0.29) is 0 Å². The van der Waals surface area contributed by atoms with Crippen LogP contribution >= 0.6 is 9.39 Å². The van der Waals surface area contributed by atoms with Crippen molar-refractivity contribution in [1.82, 2.24) is 4.72 Å². The highest BCUT2D eigenvalue weighted by atomic mass is 32.2. The topological polar surface area (TPSA) is 12.0 Å². The Kier molecular flexibility index (Phi) is 1.18. The molecule has 1 aliphatic heterocycles. The van der Waals surface area contributed by atoms with Gasteiger partial charge in [-0.2, -0.15) is 0 Å². The normalized spacial score (nSPS) is 22.5. The molecule has 1 N–H and O–H groups in total. The fourth-order valence-electron chi connectivity index (χ4n) is 0.465. The Morgan fingerprint density at radius 2 is 2.00 bits per heavy atom. The van der Waals surface area contributed by atoms with E-state index < -0.39 is 9.39 Å². The molecule has 0 amide bonds. The first-order valence-corrected chi connectivity index (χ1v) is 4.34. The van der Waals surface area contributed by atoms with Crippen LogP contribution in [0.2, 0.25) is 0 Å². The van der Waals surface area contributed by atoms with Crippen molar-refractivity contribution in [2.75, 3.05) is 0 Å². The Labute approximate surface area is 50.3 Å². The number of hydrogen-bond acceptors (Lipinski definition) is 1. The molecule has 1 aliphatic rings. The maximum atomic E-state index is 3.85. The van der Waals surface area contributed by atoms with E-state index in [0.29, 0.717) is 0 Å². The first kappa shape index (κ1) is 5.51. The van der Waals surface area contributed by atoms with Gasteiger partial charge in [0.2, 0.25) is 0 Å². The monoisotopic (exact) mass is 127 g/mol. The van der Waals surface area contributed by atoms with Gasteiger partial charge in [-0.3, -0.25) is 0 Å². The van der Waals surface area contributed by atoms with E-state index in [1.165, 1.54) is 0 Å². The molecule has 0 fully saturated rings. The molecule has 2 heteroatoms. The highest BCUT2D eigenvalue weighted by Gasteiger charge is 1.86. The minimum absolute atomic E-state index is 1.10. The zero-order chi connectivity index (χ0) is 6.04. The maximum absolute atomic E-state index is 3.85. The minimum atomic E-state index is -1.10. The molecule has 44 valence electrons. The summed E-state index contributed by atoms with van der Waals surface area (Å²) < 4.78 is 3.05. The summed E-state index contributed by atoms with van der Waals surface area (Å²) in [4.78, 5) is 0. The van der Waals surface area contributed by atoms with Crippen LogP contribution in [0.3, 0.4) is 0 Å². The second kappa shape index (κ2) is 1.71. The van der Waals surface area contributed by atoms with Crippen LogP contribution in [0.4, 0.5) is 0 Å². The molecule has 0 saturated heterocycles. The number of nitrogens with one attached hydrogen (secondary N) is 1. The fraction of sp³-hybridized carbons (Fsp3) is 0. The smallest absolute Gasteiger partial charge is 0.00656 e. The van der Waals surface area contributed by atoms with E-state index in [9.17, 15) is 0 Å². The summed E-state index contributed by atoms with van der Waals surface area (Å²) in [5.41, 5.74) is 0. The molecule has 1 nitrogen and oxygen atoms in total. The van der Waals surface area contributed by atoms with Crippen molar-refractivity contribution in [2.24, 2.45) is 0 Å².